The lowest BCUT2D eigenvalue weighted by Crippen LogP contribution is -2.38. The minimum atomic E-state index is -1.76. The van der Waals surface area contributed by atoms with E-state index in [2.05, 4.69) is 42.4 Å². The van der Waals surface area contributed by atoms with Crippen LogP contribution >= 0.6 is 38.2 Å². The van der Waals surface area contributed by atoms with Gasteiger partial charge in [0.15, 0.2) is 0 Å². The van der Waals surface area contributed by atoms with Gasteiger partial charge in [-0.3, -0.25) is 4.18 Å². The van der Waals surface area contributed by atoms with Gasteiger partial charge >= 0.3 is 5.97 Å². The summed E-state index contributed by atoms with van der Waals surface area (Å²) >= 11 is 11.0. The minimum Gasteiger partial charge on any atom is -0.461 e. The molecule has 0 heterocycles. The summed E-state index contributed by atoms with van der Waals surface area (Å²) in [6.07, 6.45) is 0.459. The van der Waals surface area contributed by atoms with Crippen LogP contribution in [0.1, 0.15) is 13.3 Å². The first-order valence-electron chi connectivity index (χ1n) is 4.53. The quantitative estimate of drug-likeness (QED) is 0.201. The first-order chi connectivity index (χ1) is 7.37. The van der Waals surface area contributed by atoms with Gasteiger partial charge < -0.3 is 14.9 Å². The molecule has 0 aromatic rings. The molecule has 0 aliphatic rings. The average Bonchev–Trinajstić information content (AvgIpc) is 2.31. The van der Waals surface area contributed by atoms with E-state index < -0.39 is 15.6 Å². The van der Waals surface area contributed by atoms with Crippen LogP contribution in [0.2, 0.25) is 0 Å². The molecule has 2 N–H and O–H groups in total. The topological polar surface area (TPSA) is 76.0 Å². The van der Waals surface area contributed by atoms with Crippen molar-refractivity contribution in [1.82, 2.24) is 0 Å². The second kappa shape index (κ2) is 6.97. The molecule has 0 aromatic heterocycles. The van der Waals surface area contributed by atoms with Crippen molar-refractivity contribution in [2.75, 3.05) is 19.8 Å². The molecule has 0 saturated heterocycles. The van der Waals surface area contributed by atoms with Crippen molar-refractivity contribution in [3.05, 3.63) is 0 Å². The van der Waals surface area contributed by atoms with E-state index in [-0.39, 0.29) is 19.8 Å². The molecule has 16 heavy (non-hydrogen) atoms. The number of carbonyl (C=O) groups excluding carboxylic acids is 1. The molecule has 0 amide bonds. The Hall–Kier alpha value is 0.400. The number of esters is 1. The summed E-state index contributed by atoms with van der Waals surface area (Å²) in [6.45, 7) is 1.04. The summed E-state index contributed by atoms with van der Waals surface area (Å²) in [5, 5.41) is 18.2. The molecular formula is C8H16O5S3. The normalized spacial score (nSPS) is 12.6. The molecule has 0 unspecified atom stereocenters. The summed E-state index contributed by atoms with van der Waals surface area (Å²) < 4.78 is 7.48. The predicted molar refractivity (Wildman–Crippen MR) is 68.6 cm³/mol. The molecular weight excluding hydrogens is 272 g/mol. The van der Waals surface area contributed by atoms with Crippen molar-refractivity contribution in [2.24, 2.45) is 5.41 Å². The maximum atomic E-state index is 11.4. The van der Waals surface area contributed by atoms with E-state index in [4.69, 9.17) is 14.9 Å². The molecule has 0 atom stereocenters. The summed E-state index contributed by atoms with van der Waals surface area (Å²) in [5.41, 5.74) is -0.857. The van der Waals surface area contributed by atoms with Crippen molar-refractivity contribution in [3.8, 4) is 0 Å². The third-order valence-electron chi connectivity index (χ3n) is 2.32. The van der Waals surface area contributed by atoms with Crippen molar-refractivity contribution < 1.29 is 23.9 Å². The Morgan fingerprint density at radius 2 is 1.81 bits per heavy atom. The molecule has 0 aliphatic heterocycles. The minimum absolute atomic E-state index is 0.144. The van der Waals surface area contributed by atoms with Crippen LogP contribution in [0.4, 0.5) is 0 Å². The number of aliphatic hydroxyl groups excluding tert-OH is 2. The molecule has 0 spiro atoms. The second-order valence-corrected chi connectivity index (χ2v) is 5.24. The fourth-order valence-electron chi connectivity index (χ4n) is 0.817. The third-order valence-corrected chi connectivity index (χ3v) is 3.43. The summed E-state index contributed by atoms with van der Waals surface area (Å²) in [5.74, 6) is -0.853. The maximum absolute atomic E-state index is 11.4. The lowest BCUT2D eigenvalue weighted by atomic mass is 9.88. The first kappa shape index (κ1) is 16.4. The fraction of sp³-hybridized carbons (Fsp3) is 0.875. The highest BCUT2D eigenvalue weighted by Crippen LogP contribution is 2.27. The summed E-state index contributed by atoms with van der Waals surface area (Å²) in [6, 6.07) is 0. The van der Waals surface area contributed by atoms with Gasteiger partial charge in [-0.25, -0.2) is 4.79 Å². The Labute approximate surface area is 111 Å². The Morgan fingerprint density at radius 3 is 2.12 bits per heavy atom. The molecule has 5 nitrogen and oxygen atoms in total. The zero-order valence-corrected chi connectivity index (χ0v) is 11.5. The van der Waals surface area contributed by atoms with E-state index in [0.29, 0.717) is 6.42 Å². The number of rotatable bonds is 7. The highest BCUT2D eigenvalue weighted by atomic mass is 32.2. The van der Waals surface area contributed by atoms with Gasteiger partial charge in [-0.05, 0) is 19.3 Å². The average molecular weight is 288 g/mol. The van der Waals surface area contributed by atoms with Gasteiger partial charge in [0.25, 0.3) is 4.27 Å². The molecule has 96 valence electrons. The van der Waals surface area contributed by atoms with Gasteiger partial charge in [-0.1, -0.05) is 6.92 Å². The van der Waals surface area contributed by atoms with Crippen LogP contribution in [-0.2, 0) is 13.7 Å². The number of carbonyl (C=O) groups is 1. The van der Waals surface area contributed by atoms with Gasteiger partial charge in [-0.2, -0.15) is 0 Å². The molecule has 8 heteroatoms. The fourth-order valence-corrected chi connectivity index (χ4v) is 1.02. The molecule has 0 radical (unpaired) electrons. The van der Waals surface area contributed by atoms with E-state index >= 15 is 0 Å². The second-order valence-electron chi connectivity index (χ2n) is 3.45. The molecule has 0 rings (SSSR count). The largest absolute Gasteiger partial charge is 0.461 e. The van der Waals surface area contributed by atoms with Crippen LogP contribution in [-0.4, -0.2) is 40.3 Å². The number of thiol groups is 3. The van der Waals surface area contributed by atoms with Gasteiger partial charge in [0, 0.05) is 0 Å². The van der Waals surface area contributed by atoms with Gasteiger partial charge in [0.1, 0.15) is 6.61 Å². The Kier molecular flexibility index (Phi) is 7.15. The standard InChI is InChI=1S/C8H16O5S3/c1-2-7(3-9,4-10)5-12-6(11)8(14,15)13-16/h9-10,14-16H,2-5H2,1H3. The first-order valence-corrected chi connectivity index (χ1v) is 5.79. The van der Waals surface area contributed by atoms with Crippen molar-refractivity contribution in [1.29, 1.82) is 0 Å². The molecule has 0 saturated carbocycles. The SMILES string of the molecule is CCC(CO)(CO)COC(=O)C(S)(S)OS. The van der Waals surface area contributed by atoms with Crippen LogP contribution in [0, 0.1) is 5.41 Å². The van der Waals surface area contributed by atoms with Crippen molar-refractivity contribution >= 4 is 44.1 Å². The van der Waals surface area contributed by atoms with E-state index in [0.717, 1.165) is 0 Å². The maximum Gasteiger partial charge on any atom is 0.360 e. The number of ether oxygens (including phenoxy) is 1. The Morgan fingerprint density at radius 1 is 1.31 bits per heavy atom. The van der Waals surface area contributed by atoms with Gasteiger partial charge in [0.2, 0.25) is 0 Å². The van der Waals surface area contributed by atoms with E-state index in [9.17, 15) is 4.79 Å². The lowest BCUT2D eigenvalue weighted by Gasteiger charge is -2.28. The smallest absolute Gasteiger partial charge is 0.360 e. The highest BCUT2D eigenvalue weighted by molar-refractivity contribution is 8.02. The van der Waals surface area contributed by atoms with Crippen LogP contribution in [0.25, 0.3) is 0 Å². The zero-order chi connectivity index (χ0) is 12.8. The Bertz CT molecular complexity index is 221. The third kappa shape index (κ3) is 4.34. The summed E-state index contributed by atoms with van der Waals surface area (Å²) in [7, 11) is 0. The molecule has 0 fully saturated rings. The monoisotopic (exact) mass is 288 g/mol. The molecule has 0 aromatic carbocycles. The van der Waals surface area contributed by atoms with E-state index in [1.807, 2.05) is 0 Å². The van der Waals surface area contributed by atoms with Gasteiger partial charge in [0.05, 0.1) is 18.6 Å². The molecule has 0 bridgehead atoms. The highest BCUT2D eigenvalue weighted by Gasteiger charge is 2.36. The zero-order valence-electron chi connectivity index (χ0n) is 8.79. The predicted octanol–water partition coefficient (Wildman–Crippen LogP) is 0.285. The van der Waals surface area contributed by atoms with Crippen LogP contribution in [0.5, 0.6) is 0 Å². The van der Waals surface area contributed by atoms with Crippen LogP contribution < -0.4 is 0 Å². The van der Waals surface area contributed by atoms with Gasteiger partial charge in [-0.15, -0.1) is 25.3 Å². The number of aliphatic hydroxyl groups is 2. The molecule has 0 aliphatic carbocycles. The van der Waals surface area contributed by atoms with E-state index in [1.165, 1.54) is 0 Å². The summed E-state index contributed by atoms with van der Waals surface area (Å²) in [4.78, 5) is 11.4. The number of hydrogen-bond acceptors (Lipinski definition) is 8. The van der Waals surface area contributed by atoms with E-state index in [1.54, 1.807) is 6.92 Å². The Balaban J connectivity index is 4.38. The van der Waals surface area contributed by atoms with Crippen molar-refractivity contribution in [2.45, 2.75) is 17.6 Å². The lowest BCUT2D eigenvalue weighted by molar-refractivity contribution is -0.154. The van der Waals surface area contributed by atoms with Crippen LogP contribution in [0.15, 0.2) is 0 Å². The number of hydrogen-bond donors (Lipinski definition) is 5. The van der Waals surface area contributed by atoms with Crippen LogP contribution in [0.3, 0.4) is 0 Å². The van der Waals surface area contributed by atoms with Crippen molar-refractivity contribution in [3.63, 3.8) is 0 Å².